The molecule has 2 aromatic heterocycles. The average molecular weight is 420 g/mol. The molecule has 0 bridgehead atoms. The van der Waals surface area contributed by atoms with E-state index in [9.17, 15) is 4.79 Å². The lowest BCUT2D eigenvalue weighted by molar-refractivity contribution is -0.120. The Balaban J connectivity index is 1.64. The quantitative estimate of drug-likeness (QED) is 0.437. The Morgan fingerprint density at radius 3 is 2.60 bits per heavy atom. The van der Waals surface area contributed by atoms with Crippen molar-refractivity contribution in [3.05, 3.63) is 78.1 Å². The van der Waals surface area contributed by atoms with E-state index in [0.29, 0.717) is 23.2 Å². The SMILES string of the molecule is COc1cccc2sc(N(Cc3ccccn3)C(=O)COc3ccccc3C)nc12. The lowest BCUT2D eigenvalue weighted by Gasteiger charge is -2.20. The molecule has 0 aliphatic carbocycles. The van der Waals surface area contributed by atoms with Crippen LogP contribution < -0.4 is 14.4 Å². The molecular formula is C23H21N3O3S. The van der Waals surface area contributed by atoms with E-state index in [-0.39, 0.29) is 12.5 Å². The number of nitrogens with zero attached hydrogens (tertiary/aromatic N) is 3. The number of amides is 1. The maximum Gasteiger partial charge on any atom is 0.267 e. The molecule has 4 aromatic rings. The van der Waals surface area contributed by atoms with E-state index in [4.69, 9.17) is 9.47 Å². The molecule has 0 radical (unpaired) electrons. The summed E-state index contributed by atoms with van der Waals surface area (Å²) in [6.07, 6.45) is 1.71. The summed E-state index contributed by atoms with van der Waals surface area (Å²) in [4.78, 5) is 23.8. The van der Waals surface area contributed by atoms with Crippen molar-refractivity contribution in [2.45, 2.75) is 13.5 Å². The van der Waals surface area contributed by atoms with Crippen LogP contribution in [0, 0.1) is 6.92 Å². The fourth-order valence-electron chi connectivity index (χ4n) is 3.04. The number of carbonyl (C=O) groups excluding carboxylic acids is 1. The number of pyridine rings is 1. The van der Waals surface area contributed by atoms with Crippen molar-refractivity contribution in [2.24, 2.45) is 0 Å². The molecule has 0 saturated heterocycles. The number of para-hydroxylation sites is 2. The fraction of sp³-hybridized carbons (Fsp3) is 0.174. The minimum Gasteiger partial charge on any atom is -0.494 e. The summed E-state index contributed by atoms with van der Waals surface area (Å²) in [5.74, 6) is 1.17. The van der Waals surface area contributed by atoms with Gasteiger partial charge in [0.2, 0.25) is 0 Å². The van der Waals surface area contributed by atoms with Crippen LogP contribution in [0.2, 0.25) is 0 Å². The van der Waals surface area contributed by atoms with E-state index >= 15 is 0 Å². The van der Waals surface area contributed by atoms with Gasteiger partial charge >= 0.3 is 0 Å². The number of thiazole rings is 1. The molecule has 6 nitrogen and oxygen atoms in total. The molecule has 2 heterocycles. The number of rotatable bonds is 7. The molecule has 0 atom stereocenters. The lowest BCUT2D eigenvalue weighted by atomic mass is 10.2. The first-order chi connectivity index (χ1) is 14.7. The van der Waals surface area contributed by atoms with Gasteiger partial charge in [0.05, 0.1) is 24.0 Å². The highest BCUT2D eigenvalue weighted by molar-refractivity contribution is 7.22. The number of ether oxygens (including phenoxy) is 2. The Hall–Kier alpha value is -3.45. The number of fused-ring (bicyclic) bond motifs is 1. The Bertz CT molecular complexity index is 1160. The van der Waals surface area contributed by atoms with E-state index in [0.717, 1.165) is 21.5 Å². The van der Waals surface area contributed by atoms with Gasteiger partial charge in [-0.05, 0) is 42.8 Å². The van der Waals surface area contributed by atoms with Crippen molar-refractivity contribution in [3.8, 4) is 11.5 Å². The Morgan fingerprint density at radius 2 is 1.83 bits per heavy atom. The zero-order chi connectivity index (χ0) is 20.9. The van der Waals surface area contributed by atoms with Crippen molar-refractivity contribution in [1.82, 2.24) is 9.97 Å². The summed E-state index contributed by atoms with van der Waals surface area (Å²) in [7, 11) is 1.61. The van der Waals surface area contributed by atoms with Crippen LogP contribution in [0.1, 0.15) is 11.3 Å². The predicted molar refractivity (Wildman–Crippen MR) is 118 cm³/mol. The monoisotopic (exact) mass is 419 g/mol. The van der Waals surface area contributed by atoms with Gasteiger partial charge in [-0.25, -0.2) is 4.98 Å². The Morgan fingerprint density at radius 1 is 1.03 bits per heavy atom. The van der Waals surface area contributed by atoms with Gasteiger partial charge in [0.15, 0.2) is 11.7 Å². The van der Waals surface area contributed by atoms with Crippen LogP contribution in [0.15, 0.2) is 66.9 Å². The standard InChI is InChI=1S/C23H21N3O3S/c1-16-8-3-4-10-18(16)29-15-21(27)26(14-17-9-5-6-13-24-17)23-25-22-19(28-2)11-7-12-20(22)30-23/h3-13H,14-15H2,1-2H3. The third-order valence-corrected chi connectivity index (χ3v) is 5.66. The highest BCUT2D eigenvalue weighted by Crippen LogP contribution is 2.34. The Kier molecular flexibility index (Phi) is 5.90. The molecule has 30 heavy (non-hydrogen) atoms. The van der Waals surface area contributed by atoms with Crippen LogP contribution in [-0.4, -0.2) is 29.6 Å². The van der Waals surface area contributed by atoms with Gasteiger partial charge in [0.25, 0.3) is 5.91 Å². The molecule has 7 heteroatoms. The highest BCUT2D eigenvalue weighted by Gasteiger charge is 2.22. The van der Waals surface area contributed by atoms with Crippen molar-refractivity contribution in [3.63, 3.8) is 0 Å². The molecule has 1 amide bonds. The van der Waals surface area contributed by atoms with Crippen LogP contribution >= 0.6 is 11.3 Å². The number of benzene rings is 2. The largest absolute Gasteiger partial charge is 0.494 e. The van der Waals surface area contributed by atoms with Crippen LogP contribution in [0.4, 0.5) is 5.13 Å². The summed E-state index contributed by atoms with van der Waals surface area (Å²) < 4.78 is 12.2. The summed E-state index contributed by atoms with van der Waals surface area (Å²) in [5.41, 5.74) is 2.48. The lowest BCUT2D eigenvalue weighted by Crippen LogP contribution is -2.34. The minimum absolute atomic E-state index is 0.0925. The van der Waals surface area contributed by atoms with Crippen molar-refractivity contribution >= 4 is 32.6 Å². The molecule has 0 aliphatic rings. The van der Waals surface area contributed by atoms with Gasteiger partial charge in [-0.15, -0.1) is 0 Å². The third-order valence-electron chi connectivity index (χ3n) is 4.61. The average Bonchev–Trinajstić information content (AvgIpc) is 3.21. The maximum absolute atomic E-state index is 13.2. The normalized spacial score (nSPS) is 10.7. The third kappa shape index (κ3) is 4.26. The zero-order valence-corrected chi connectivity index (χ0v) is 17.6. The van der Waals surface area contributed by atoms with Gasteiger partial charge in [0.1, 0.15) is 17.0 Å². The summed E-state index contributed by atoms with van der Waals surface area (Å²) >= 11 is 1.44. The van der Waals surface area contributed by atoms with Crippen LogP contribution in [0.5, 0.6) is 11.5 Å². The topological polar surface area (TPSA) is 64.5 Å². The molecular weight excluding hydrogens is 398 g/mol. The maximum atomic E-state index is 13.2. The van der Waals surface area contributed by atoms with Crippen LogP contribution in [0.3, 0.4) is 0 Å². The number of aryl methyl sites for hydroxylation is 1. The predicted octanol–water partition coefficient (Wildman–Crippen LogP) is 4.62. The van der Waals surface area contributed by atoms with E-state index in [1.54, 1.807) is 18.2 Å². The van der Waals surface area contributed by atoms with Gasteiger partial charge < -0.3 is 9.47 Å². The van der Waals surface area contributed by atoms with Gasteiger partial charge in [-0.3, -0.25) is 14.7 Å². The van der Waals surface area contributed by atoms with Crippen LogP contribution in [0.25, 0.3) is 10.2 Å². The first-order valence-corrected chi connectivity index (χ1v) is 10.3. The number of anilines is 1. The van der Waals surface area contributed by atoms with Gasteiger partial charge in [0, 0.05) is 6.20 Å². The molecule has 0 N–H and O–H groups in total. The fourth-order valence-corrected chi connectivity index (χ4v) is 4.04. The number of carbonyl (C=O) groups is 1. The second-order valence-electron chi connectivity index (χ2n) is 6.66. The molecule has 4 rings (SSSR count). The molecule has 0 spiro atoms. The van der Waals surface area contributed by atoms with E-state index in [1.165, 1.54) is 11.3 Å². The molecule has 0 aliphatic heterocycles. The van der Waals surface area contributed by atoms with Gasteiger partial charge in [-0.2, -0.15) is 0 Å². The number of methoxy groups -OCH3 is 1. The molecule has 0 fully saturated rings. The molecule has 152 valence electrons. The van der Waals surface area contributed by atoms with Crippen molar-refractivity contribution in [2.75, 3.05) is 18.6 Å². The Labute approximate surface area is 178 Å². The smallest absolute Gasteiger partial charge is 0.267 e. The van der Waals surface area contributed by atoms with Crippen LogP contribution in [-0.2, 0) is 11.3 Å². The van der Waals surface area contributed by atoms with E-state index < -0.39 is 0 Å². The first-order valence-electron chi connectivity index (χ1n) is 9.48. The van der Waals surface area contributed by atoms with Gasteiger partial charge in [-0.1, -0.05) is 41.7 Å². The minimum atomic E-state index is -0.193. The molecule has 0 saturated carbocycles. The summed E-state index contributed by atoms with van der Waals surface area (Å²) in [6.45, 7) is 2.16. The van der Waals surface area contributed by atoms with E-state index in [1.807, 2.05) is 67.6 Å². The number of hydrogen-bond donors (Lipinski definition) is 0. The second-order valence-corrected chi connectivity index (χ2v) is 7.67. The summed E-state index contributed by atoms with van der Waals surface area (Å²) in [5, 5.41) is 0.582. The molecule has 2 aromatic carbocycles. The number of aromatic nitrogens is 2. The first kappa shape index (κ1) is 19.8. The van der Waals surface area contributed by atoms with Crippen molar-refractivity contribution in [1.29, 1.82) is 0 Å². The summed E-state index contributed by atoms with van der Waals surface area (Å²) in [6, 6.07) is 19.0. The second kappa shape index (κ2) is 8.92. The van der Waals surface area contributed by atoms with Crippen molar-refractivity contribution < 1.29 is 14.3 Å². The zero-order valence-electron chi connectivity index (χ0n) is 16.7. The number of hydrogen-bond acceptors (Lipinski definition) is 6. The highest BCUT2D eigenvalue weighted by atomic mass is 32.1. The van der Waals surface area contributed by atoms with E-state index in [2.05, 4.69) is 9.97 Å². The molecule has 0 unspecified atom stereocenters.